The van der Waals surface area contributed by atoms with E-state index in [0.29, 0.717) is 19.3 Å². The lowest BCUT2D eigenvalue weighted by Crippen LogP contribution is -2.30. The minimum Gasteiger partial charge on any atom is -0.462 e. The molecule has 0 aliphatic carbocycles. The second-order valence-corrected chi connectivity index (χ2v) is 22.0. The SMILES string of the molecule is CCCCC/C=C\C/C=C\CCCCCCCC(=O)OC(COC(=O)CCCCCCC/C=C\CCCCCCC)COC(=O)CCCCCCCCCCCCCCCCCCCCCCCCCCCC. The van der Waals surface area contributed by atoms with Crippen LogP contribution in [-0.2, 0) is 28.6 Å². The Balaban J connectivity index is 4.22. The van der Waals surface area contributed by atoms with E-state index in [1.165, 1.54) is 225 Å². The van der Waals surface area contributed by atoms with Crippen molar-refractivity contribution in [2.24, 2.45) is 0 Å². The fourth-order valence-electron chi connectivity index (χ4n) is 9.71. The molecule has 6 nitrogen and oxygen atoms in total. The molecule has 0 saturated heterocycles. The Hall–Kier alpha value is -2.37. The molecule has 0 rings (SSSR count). The number of carbonyl (C=O) groups is 3. The van der Waals surface area contributed by atoms with Gasteiger partial charge in [-0.3, -0.25) is 14.4 Å². The Bertz CT molecular complexity index is 1220. The van der Waals surface area contributed by atoms with E-state index in [1.54, 1.807) is 0 Å². The molecule has 428 valence electrons. The standard InChI is InChI=1S/C67H124O6/c1-4-7-10-13-16-19-22-25-28-29-30-31-32-33-34-35-36-37-38-40-42-45-48-51-54-57-60-66(69)72-63-64(62-71-65(68)59-56-53-50-47-44-41-27-24-21-18-15-12-9-6-3)73-67(70)61-58-55-52-49-46-43-39-26-23-20-17-14-11-8-5-2/h17,20,24,26-27,39,64H,4-16,18-19,21-23,25,28-38,40-63H2,1-3H3/b20-17-,27-24-,39-26-. The van der Waals surface area contributed by atoms with Crippen LogP contribution >= 0.6 is 0 Å². The highest BCUT2D eigenvalue weighted by Crippen LogP contribution is 2.18. The average molecular weight is 1030 g/mol. The van der Waals surface area contributed by atoms with Gasteiger partial charge < -0.3 is 14.2 Å². The van der Waals surface area contributed by atoms with Crippen LogP contribution < -0.4 is 0 Å². The van der Waals surface area contributed by atoms with E-state index >= 15 is 0 Å². The van der Waals surface area contributed by atoms with Crippen molar-refractivity contribution in [1.82, 2.24) is 0 Å². The van der Waals surface area contributed by atoms with Gasteiger partial charge in [0, 0.05) is 19.3 Å². The number of rotatable bonds is 60. The van der Waals surface area contributed by atoms with Gasteiger partial charge in [0.2, 0.25) is 0 Å². The first-order valence-electron chi connectivity index (χ1n) is 32.5. The summed E-state index contributed by atoms with van der Waals surface area (Å²) in [4.78, 5) is 38.3. The summed E-state index contributed by atoms with van der Waals surface area (Å²) in [5.74, 6) is -0.878. The summed E-state index contributed by atoms with van der Waals surface area (Å²) in [6.07, 6.45) is 75.9. The average Bonchev–Trinajstić information content (AvgIpc) is 3.39. The van der Waals surface area contributed by atoms with E-state index < -0.39 is 6.10 Å². The number of ether oxygens (including phenoxy) is 3. The van der Waals surface area contributed by atoms with Crippen LogP contribution in [0.1, 0.15) is 355 Å². The Morgan fingerprint density at radius 1 is 0.274 bits per heavy atom. The minimum atomic E-state index is -0.781. The van der Waals surface area contributed by atoms with Crippen molar-refractivity contribution >= 4 is 17.9 Å². The van der Waals surface area contributed by atoms with Crippen LogP contribution in [0.4, 0.5) is 0 Å². The molecule has 0 heterocycles. The van der Waals surface area contributed by atoms with Gasteiger partial charge in [0.1, 0.15) is 13.2 Å². The summed E-state index contributed by atoms with van der Waals surface area (Å²) >= 11 is 0. The lowest BCUT2D eigenvalue weighted by molar-refractivity contribution is -0.167. The van der Waals surface area contributed by atoms with E-state index in [0.717, 1.165) is 89.9 Å². The first kappa shape index (κ1) is 70.6. The summed E-state index contributed by atoms with van der Waals surface area (Å²) < 4.78 is 16.9. The molecule has 73 heavy (non-hydrogen) atoms. The summed E-state index contributed by atoms with van der Waals surface area (Å²) in [7, 11) is 0. The van der Waals surface area contributed by atoms with E-state index in [4.69, 9.17) is 14.2 Å². The van der Waals surface area contributed by atoms with E-state index in [1.807, 2.05) is 0 Å². The Kier molecular flexibility index (Phi) is 60.2. The van der Waals surface area contributed by atoms with Gasteiger partial charge in [-0.15, -0.1) is 0 Å². The van der Waals surface area contributed by atoms with Crippen molar-refractivity contribution in [2.45, 2.75) is 361 Å². The van der Waals surface area contributed by atoms with Crippen molar-refractivity contribution in [1.29, 1.82) is 0 Å². The molecule has 0 saturated carbocycles. The maximum atomic E-state index is 12.9. The summed E-state index contributed by atoms with van der Waals surface area (Å²) in [6, 6.07) is 0. The number of unbranched alkanes of at least 4 members (excludes halogenated alkanes) is 43. The molecule has 0 fully saturated rings. The molecule has 1 atom stereocenters. The lowest BCUT2D eigenvalue weighted by atomic mass is 10.0. The maximum Gasteiger partial charge on any atom is 0.306 e. The fourth-order valence-corrected chi connectivity index (χ4v) is 9.71. The van der Waals surface area contributed by atoms with Gasteiger partial charge in [-0.2, -0.15) is 0 Å². The zero-order valence-electron chi connectivity index (χ0n) is 49.2. The predicted molar refractivity (Wildman–Crippen MR) is 316 cm³/mol. The van der Waals surface area contributed by atoms with Crippen LogP contribution in [0, 0.1) is 0 Å². The summed E-state index contributed by atoms with van der Waals surface area (Å²) in [5.41, 5.74) is 0. The topological polar surface area (TPSA) is 78.9 Å². The molecule has 0 aromatic rings. The minimum absolute atomic E-state index is 0.0766. The second-order valence-electron chi connectivity index (χ2n) is 22.0. The van der Waals surface area contributed by atoms with Gasteiger partial charge >= 0.3 is 17.9 Å². The van der Waals surface area contributed by atoms with Crippen LogP contribution in [0.15, 0.2) is 36.5 Å². The quantitative estimate of drug-likeness (QED) is 0.0261. The Morgan fingerprint density at radius 3 is 0.795 bits per heavy atom. The largest absolute Gasteiger partial charge is 0.462 e. The third kappa shape index (κ3) is 60.4. The third-order valence-corrected chi connectivity index (χ3v) is 14.6. The number of esters is 3. The van der Waals surface area contributed by atoms with Gasteiger partial charge in [0.05, 0.1) is 0 Å². The molecule has 1 unspecified atom stereocenters. The zero-order valence-corrected chi connectivity index (χ0v) is 49.2. The predicted octanol–water partition coefficient (Wildman–Crippen LogP) is 22.0. The molecule has 0 radical (unpaired) electrons. The first-order chi connectivity index (χ1) is 36.0. The number of allylic oxidation sites excluding steroid dienone is 6. The first-order valence-corrected chi connectivity index (χ1v) is 32.5. The number of hydrogen-bond donors (Lipinski definition) is 0. The van der Waals surface area contributed by atoms with Crippen LogP contribution in [0.2, 0.25) is 0 Å². The lowest BCUT2D eigenvalue weighted by Gasteiger charge is -2.18. The van der Waals surface area contributed by atoms with Crippen LogP contribution in [0.5, 0.6) is 0 Å². The Labute approximate surface area is 455 Å². The third-order valence-electron chi connectivity index (χ3n) is 14.6. The van der Waals surface area contributed by atoms with Gasteiger partial charge in [0.25, 0.3) is 0 Å². The van der Waals surface area contributed by atoms with Crippen molar-refractivity contribution < 1.29 is 28.6 Å². The van der Waals surface area contributed by atoms with Gasteiger partial charge in [-0.05, 0) is 77.0 Å². The van der Waals surface area contributed by atoms with Gasteiger partial charge in [-0.1, -0.05) is 295 Å². The molecular weight excluding hydrogens is 901 g/mol. The zero-order chi connectivity index (χ0) is 52.9. The van der Waals surface area contributed by atoms with Crippen molar-refractivity contribution in [3.05, 3.63) is 36.5 Å². The normalized spacial score (nSPS) is 12.2. The number of hydrogen-bond acceptors (Lipinski definition) is 6. The van der Waals surface area contributed by atoms with Crippen LogP contribution in [0.3, 0.4) is 0 Å². The monoisotopic (exact) mass is 1020 g/mol. The summed E-state index contributed by atoms with van der Waals surface area (Å²) in [5, 5.41) is 0. The van der Waals surface area contributed by atoms with Crippen LogP contribution in [-0.4, -0.2) is 37.2 Å². The number of carbonyl (C=O) groups excluding carboxylic acids is 3. The van der Waals surface area contributed by atoms with E-state index in [9.17, 15) is 14.4 Å². The molecule has 0 amide bonds. The van der Waals surface area contributed by atoms with Crippen molar-refractivity contribution in [3.63, 3.8) is 0 Å². The fraction of sp³-hybridized carbons (Fsp3) is 0.866. The molecule has 0 aliphatic rings. The molecule has 0 bridgehead atoms. The molecule has 0 aliphatic heterocycles. The van der Waals surface area contributed by atoms with E-state index in [-0.39, 0.29) is 31.1 Å². The van der Waals surface area contributed by atoms with Crippen molar-refractivity contribution in [3.8, 4) is 0 Å². The van der Waals surface area contributed by atoms with Crippen LogP contribution in [0.25, 0.3) is 0 Å². The molecular formula is C67H124O6. The highest BCUT2D eigenvalue weighted by Gasteiger charge is 2.19. The van der Waals surface area contributed by atoms with Gasteiger partial charge in [-0.25, -0.2) is 0 Å². The molecule has 0 aromatic heterocycles. The molecule has 0 N–H and O–H groups in total. The second kappa shape index (κ2) is 62.2. The maximum absolute atomic E-state index is 12.9. The highest BCUT2D eigenvalue weighted by molar-refractivity contribution is 5.71. The van der Waals surface area contributed by atoms with Crippen molar-refractivity contribution in [2.75, 3.05) is 13.2 Å². The molecule has 0 aromatic carbocycles. The summed E-state index contributed by atoms with van der Waals surface area (Å²) in [6.45, 7) is 6.64. The van der Waals surface area contributed by atoms with Gasteiger partial charge in [0.15, 0.2) is 6.10 Å². The smallest absolute Gasteiger partial charge is 0.306 e. The molecule has 0 spiro atoms. The Morgan fingerprint density at radius 2 is 0.493 bits per heavy atom. The highest BCUT2D eigenvalue weighted by atomic mass is 16.6. The van der Waals surface area contributed by atoms with E-state index in [2.05, 4.69) is 57.2 Å². The molecule has 6 heteroatoms.